The van der Waals surface area contributed by atoms with Crippen molar-refractivity contribution in [2.45, 2.75) is 13.3 Å². The molecule has 0 unspecified atom stereocenters. The van der Waals surface area contributed by atoms with Crippen molar-refractivity contribution in [3.63, 3.8) is 0 Å². The highest BCUT2D eigenvalue weighted by Crippen LogP contribution is 2.14. The van der Waals surface area contributed by atoms with Gasteiger partial charge in [-0.25, -0.2) is 4.98 Å². The van der Waals surface area contributed by atoms with Gasteiger partial charge in [-0.2, -0.15) is 0 Å². The second-order valence-electron chi connectivity index (χ2n) is 2.85. The molecule has 2 rings (SSSR count). The van der Waals surface area contributed by atoms with Crippen molar-refractivity contribution in [3.05, 3.63) is 30.1 Å². The average Bonchev–Trinajstić information content (AvgIpc) is 2.55. The van der Waals surface area contributed by atoms with Crippen molar-refractivity contribution in [2.75, 3.05) is 0 Å². The summed E-state index contributed by atoms with van der Waals surface area (Å²) in [6, 6.07) is 7.64. The van der Waals surface area contributed by atoms with E-state index in [4.69, 9.17) is 0 Å². The highest BCUT2D eigenvalue weighted by molar-refractivity contribution is 5.82. The van der Waals surface area contributed by atoms with E-state index in [1.165, 1.54) is 0 Å². The quantitative estimate of drug-likeness (QED) is 0.649. The topological polar surface area (TPSA) is 34.9 Å². The number of rotatable bonds is 2. The van der Waals surface area contributed by atoms with Gasteiger partial charge in [-0.3, -0.25) is 9.36 Å². The van der Waals surface area contributed by atoms with Crippen molar-refractivity contribution in [1.82, 2.24) is 9.55 Å². The van der Waals surface area contributed by atoms with Crippen LogP contribution in [0.1, 0.15) is 12.7 Å². The summed E-state index contributed by atoms with van der Waals surface area (Å²) in [6.07, 6.45) is 1.58. The van der Waals surface area contributed by atoms with Gasteiger partial charge in [0.2, 0.25) is 6.41 Å². The largest absolute Gasteiger partial charge is 0.278 e. The summed E-state index contributed by atoms with van der Waals surface area (Å²) in [4.78, 5) is 15.1. The predicted molar refractivity (Wildman–Crippen MR) is 51.3 cm³/mol. The molecule has 2 aromatic rings. The molecule has 0 aliphatic carbocycles. The number of benzene rings is 1. The lowest BCUT2D eigenvalue weighted by atomic mass is 10.3. The van der Waals surface area contributed by atoms with Gasteiger partial charge in [0.15, 0.2) is 0 Å². The predicted octanol–water partition coefficient (Wildman–Crippen LogP) is 1.64. The van der Waals surface area contributed by atoms with Crippen LogP contribution in [0.4, 0.5) is 0 Å². The molecule has 3 heteroatoms. The fourth-order valence-corrected chi connectivity index (χ4v) is 1.46. The molecular formula is C10H10N2O. The van der Waals surface area contributed by atoms with Gasteiger partial charge in [0.1, 0.15) is 5.82 Å². The monoisotopic (exact) mass is 174 g/mol. The summed E-state index contributed by atoms with van der Waals surface area (Å²) in [5, 5.41) is 0. The molecule has 0 saturated carbocycles. The Bertz CT molecular complexity index is 445. The van der Waals surface area contributed by atoms with Gasteiger partial charge in [-0.15, -0.1) is 0 Å². The summed E-state index contributed by atoms with van der Waals surface area (Å²) < 4.78 is 1.59. The lowest BCUT2D eigenvalue weighted by molar-refractivity contribution is 0.546. The number of nitrogens with zero attached hydrogens (tertiary/aromatic N) is 2. The van der Waals surface area contributed by atoms with E-state index in [0.29, 0.717) is 0 Å². The number of aromatic nitrogens is 2. The first-order valence-corrected chi connectivity index (χ1v) is 4.28. The Morgan fingerprint density at radius 2 is 2.23 bits per heavy atom. The number of imidazole rings is 1. The molecular weight excluding hydrogens is 164 g/mol. The molecule has 0 radical (unpaired) electrons. The van der Waals surface area contributed by atoms with Crippen LogP contribution in [0.5, 0.6) is 0 Å². The summed E-state index contributed by atoms with van der Waals surface area (Å²) >= 11 is 0. The zero-order valence-electron chi connectivity index (χ0n) is 7.40. The molecule has 0 aliphatic heterocycles. The summed E-state index contributed by atoms with van der Waals surface area (Å²) in [5.41, 5.74) is 1.76. The van der Waals surface area contributed by atoms with Crippen LogP contribution in [0.25, 0.3) is 11.0 Å². The van der Waals surface area contributed by atoms with Gasteiger partial charge in [0.25, 0.3) is 0 Å². The van der Waals surface area contributed by atoms with Crippen LogP contribution in [0.3, 0.4) is 0 Å². The third-order valence-electron chi connectivity index (χ3n) is 2.09. The number of hydrogen-bond donors (Lipinski definition) is 0. The maximum Gasteiger partial charge on any atom is 0.219 e. The minimum absolute atomic E-state index is 0.771. The Hall–Kier alpha value is -1.64. The van der Waals surface area contributed by atoms with E-state index in [9.17, 15) is 4.79 Å². The maximum absolute atomic E-state index is 10.8. The molecule has 0 fully saturated rings. The minimum atomic E-state index is 0.771. The molecule has 1 heterocycles. The smallest absolute Gasteiger partial charge is 0.219 e. The fourth-order valence-electron chi connectivity index (χ4n) is 1.46. The number of aryl methyl sites for hydroxylation is 1. The Morgan fingerprint density at radius 3 is 2.92 bits per heavy atom. The highest BCUT2D eigenvalue weighted by Gasteiger charge is 2.06. The first-order chi connectivity index (χ1) is 6.36. The molecule has 0 atom stereocenters. The number of para-hydroxylation sites is 2. The van der Waals surface area contributed by atoms with Gasteiger partial charge in [-0.05, 0) is 12.1 Å². The van der Waals surface area contributed by atoms with Gasteiger partial charge in [0.05, 0.1) is 11.0 Å². The zero-order valence-corrected chi connectivity index (χ0v) is 7.40. The Labute approximate surface area is 76.0 Å². The standard InChI is InChI=1S/C10H10N2O/c1-2-10-11-8-5-3-4-6-9(8)12(10)7-13/h3-7H,2H2,1H3. The second-order valence-corrected chi connectivity index (χ2v) is 2.85. The number of carbonyl (C=O) groups is 1. The van der Waals surface area contributed by atoms with Crippen molar-refractivity contribution >= 4 is 17.4 Å². The van der Waals surface area contributed by atoms with Crippen molar-refractivity contribution in [1.29, 1.82) is 0 Å². The Balaban J connectivity index is 2.81. The van der Waals surface area contributed by atoms with E-state index in [0.717, 1.165) is 29.7 Å². The first-order valence-electron chi connectivity index (χ1n) is 4.28. The van der Waals surface area contributed by atoms with E-state index in [2.05, 4.69) is 4.98 Å². The lowest BCUT2D eigenvalue weighted by Gasteiger charge is -1.95. The molecule has 13 heavy (non-hydrogen) atoms. The number of hydrogen-bond acceptors (Lipinski definition) is 2. The SMILES string of the molecule is CCc1nc2ccccc2n1C=O. The van der Waals surface area contributed by atoms with E-state index in [-0.39, 0.29) is 0 Å². The molecule has 0 amide bonds. The molecule has 1 aromatic heterocycles. The summed E-state index contributed by atoms with van der Waals surface area (Å²) in [7, 11) is 0. The molecule has 0 spiro atoms. The van der Waals surface area contributed by atoms with Crippen LogP contribution in [0, 0.1) is 0 Å². The maximum atomic E-state index is 10.8. The third-order valence-corrected chi connectivity index (χ3v) is 2.09. The van der Waals surface area contributed by atoms with E-state index in [1.807, 2.05) is 31.2 Å². The van der Waals surface area contributed by atoms with Crippen molar-refractivity contribution in [3.8, 4) is 0 Å². The van der Waals surface area contributed by atoms with Crippen LogP contribution < -0.4 is 0 Å². The zero-order chi connectivity index (χ0) is 9.26. The molecule has 1 aromatic carbocycles. The van der Waals surface area contributed by atoms with Crippen LogP contribution in [0.2, 0.25) is 0 Å². The van der Waals surface area contributed by atoms with Crippen LogP contribution in [-0.4, -0.2) is 16.0 Å². The van der Waals surface area contributed by atoms with E-state index < -0.39 is 0 Å². The molecule has 3 nitrogen and oxygen atoms in total. The van der Waals surface area contributed by atoms with Gasteiger partial charge >= 0.3 is 0 Å². The average molecular weight is 174 g/mol. The molecule has 0 aliphatic rings. The van der Waals surface area contributed by atoms with E-state index >= 15 is 0 Å². The number of fused-ring (bicyclic) bond motifs is 1. The molecule has 66 valence electrons. The Morgan fingerprint density at radius 1 is 1.46 bits per heavy atom. The van der Waals surface area contributed by atoms with Crippen LogP contribution in [-0.2, 0) is 11.2 Å². The van der Waals surface area contributed by atoms with Crippen LogP contribution in [0.15, 0.2) is 24.3 Å². The van der Waals surface area contributed by atoms with Crippen LogP contribution >= 0.6 is 0 Å². The summed E-state index contributed by atoms with van der Waals surface area (Å²) in [6.45, 7) is 1.99. The van der Waals surface area contributed by atoms with Crippen molar-refractivity contribution in [2.24, 2.45) is 0 Å². The van der Waals surface area contributed by atoms with Gasteiger partial charge < -0.3 is 0 Å². The first kappa shape index (κ1) is 7.98. The van der Waals surface area contributed by atoms with E-state index in [1.54, 1.807) is 4.57 Å². The van der Waals surface area contributed by atoms with Gasteiger partial charge in [-0.1, -0.05) is 19.1 Å². The van der Waals surface area contributed by atoms with Gasteiger partial charge in [0, 0.05) is 6.42 Å². The lowest BCUT2D eigenvalue weighted by Crippen LogP contribution is -1.99. The van der Waals surface area contributed by atoms with Crippen molar-refractivity contribution < 1.29 is 4.79 Å². The highest BCUT2D eigenvalue weighted by atomic mass is 16.1. The molecule has 0 N–H and O–H groups in total. The number of carbonyl (C=O) groups excluding carboxylic acids is 1. The second kappa shape index (κ2) is 3.01. The Kier molecular flexibility index (Phi) is 1.85. The summed E-state index contributed by atoms with van der Waals surface area (Å²) in [5.74, 6) is 0.816. The minimum Gasteiger partial charge on any atom is -0.278 e. The fraction of sp³-hybridized carbons (Fsp3) is 0.200. The molecule has 0 bridgehead atoms. The molecule has 0 saturated heterocycles. The normalized spacial score (nSPS) is 10.5. The third kappa shape index (κ3) is 1.13.